The van der Waals surface area contributed by atoms with E-state index in [1.807, 2.05) is 13.8 Å². The van der Waals surface area contributed by atoms with Crippen molar-refractivity contribution in [2.75, 3.05) is 6.61 Å². The molecule has 0 spiro atoms. The molecule has 0 amide bonds. The first kappa shape index (κ1) is 13.3. The van der Waals surface area contributed by atoms with Crippen molar-refractivity contribution in [3.8, 4) is 0 Å². The molecule has 0 atom stereocenters. The van der Waals surface area contributed by atoms with Crippen LogP contribution in [0.3, 0.4) is 0 Å². The maximum absolute atomic E-state index is 11.8. The molecule has 1 fully saturated rings. The molecule has 0 radical (unpaired) electrons. The van der Waals surface area contributed by atoms with E-state index in [-0.39, 0.29) is 11.7 Å². The Bertz CT molecular complexity index is 418. The van der Waals surface area contributed by atoms with Crippen molar-refractivity contribution in [3.05, 3.63) is 10.5 Å². The van der Waals surface area contributed by atoms with Crippen LogP contribution in [0.5, 0.6) is 0 Å². The van der Waals surface area contributed by atoms with Gasteiger partial charge < -0.3 is 4.74 Å². The highest BCUT2D eigenvalue weighted by Crippen LogP contribution is 2.19. The average Bonchev–Trinajstić information content (AvgIpc) is 2.73. The summed E-state index contributed by atoms with van der Waals surface area (Å²) >= 11 is 0. The van der Waals surface area contributed by atoms with Gasteiger partial charge in [-0.3, -0.25) is 0 Å². The van der Waals surface area contributed by atoms with E-state index in [4.69, 9.17) is 4.74 Å². The Kier molecular flexibility index (Phi) is 4.52. The van der Waals surface area contributed by atoms with Crippen molar-refractivity contribution in [2.24, 2.45) is 0 Å². The lowest BCUT2D eigenvalue weighted by molar-refractivity contribution is 0.0223. The van der Waals surface area contributed by atoms with Crippen LogP contribution in [0.2, 0.25) is 0 Å². The lowest BCUT2D eigenvalue weighted by Crippen LogP contribution is -2.28. The second-order valence-corrected chi connectivity index (χ2v) is 5.15. The van der Waals surface area contributed by atoms with Crippen LogP contribution in [-0.2, 0) is 11.3 Å². The van der Waals surface area contributed by atoms with Gasteiger partial charge in [-0.25, -0.2) is 4.79 Å². The monoisotopic (exact) mass is 254 g/mol. The van der Waals surface area contributed by atoms with Crippen LogP contribution in [0.4, 0.5) is 0 Å². The maximum Gasteiger partial charge on any atom is 0.363 e. The van der Waals surface area contributed by atoms with Crippen LogP contribution in [0, 0.1) is 0 Å². The molecule has 1 aliphatic carbocycles. The molecule has 0 aromatic carbocycles. The second-order valence-electron chi connectivity index (χ2n) is 5.15. The van der Waals surface area contributed by atoms with E-state index in [0.29, 0.717) is 19.3 Å². The molecule has 1 aromatic rings. The molecule has 1 aromatic heterocycles. The van der Waals surface area contributed by atoms with Crippen LogP contribution < -0.4 is 5.69 Å². The largest absolute Gasteiger partial charge is 0.376 e. The minimum atomic E-state index is -0.155. The fourth-order valence-corrected chi connectivity index (χ4v) is 2.29. The SMILES string of the molecule is CC(C)n1nnn(CCOC2CCCCC2)c1=O. The van der Waals surface area contributed by atoms with Gasteiger partial charge in [-0.2, -0.15) is 9.36 Å². The molecule has 0 unspecified atom stereocenters. The van der Waals surface area contributed by atoms with Gasteiger partial charge in [-0.15, -0.1) is 0 Å². The van der Waals surface area contributed by atoms with Crippen LogP contribution in [0.1, 0.15) is 52.0 Å². The number of ether oxygens (including phenoxy) is 1. The van der Waals surface area contributed by atoms with Crippen molar-refractivity contribution < 1.29 is 4.74 Å². The van der Waals surface area contributed by atoms with Crippen molar-refractivity contribution in [3.63, 3.8) is 0 Å². The molecule has 0 N–H and O–H groups in total. The maximum atomic E-state index is 11.8. The van der Waals surface area contributed by atoms with E-state index in [0.717, 1.165) is 12.8 Å². The molecular formula is C12H22N4O2. The van der Waals surface area contributed by atoms with Gasteiger partial charge in [0.1, 0.15) is 0 Å². The summed E-state index contributed by atoms with van der Waals surface area (Å²) in [6.07, 6.45) is 6.50. The first-order valence-electron chi connectivity index (χ1n) is 6.82. The number of hydrogen-bond acceptors (Lipinski definition) is 4. The van der Waals surface area contributed by atoms with Gasteiger partial charge in [0, 0.05) is 0 Å². The number of tetrazole rings is 1. The van der Waals surface area contributed by atoms with Crippen LogP contribution in [0.15, 0.2) is 4.79 Å². The molecule has 1 aliphatic rings. The van der Waals surface area contributed by atoms with E-state index in [1.165, 1.54) is 28.6 Å². The molecule has 2 rings (SSSR count). The molecule has 1 heterocycles. The standard InChI is InChI=1S/C12H22N4O2/c1-10(2)16-12(17)15(13-14-16)8-9-18-11-6-4-3-5-7-11/h10-11H,3-9H2,1-2H3. The zero-order chi connectivity index (χ0) is 13.0. The topological polar surface area (TPSA) is 61.9 Å². The highest BCUT2D eigenvalue weighted by Gasteiger charge is 2.14. The third kappa shape index (κ3) is 3.19. The highest BCUT2D eigenvalue weighted by atomic mass is 16.5. The second kappa shape index (κ2) is 6.13. The minimum Gasteiger partial charge on any atom is -0.376 e. The van der Waals surface area contributed by atoms with Gasteiger partial charge in [0.25, 0.3) is 0 Å². The Morgan fingerprint density at radius 2 is 2.00 bits per heavy atom. The quantitative estimate of drug-likeness (QED) is 0.796. The Morgan fingerprint density at radius 1 is 1.28 bits per heavy atom. The van der Waals surface area contributed by atoms with Crippen LogP contribution in [0.25, 0.3) is 0 Å². The van der Waals surface area contributed by atoms with E-state index < -0.39 is 0 Å². The predicted molar refractivity (Wildman–Crippen MR) is 67.5 cm³/mol. The zero-order valence-electron chi connectivity index (χ0n) is 11.2. The van der Waals surface area contributed by atoms with Crippen molar-refractivity contribution in [1.82, 2.24) is 19.8 Å². The van der Waals surface area contributed by atoms with Gasteiger partial charge in [0.15, 0.2) is 0 Å². The van der Waals surface area contributed by atoms with Gasteiger partial charge in [-0.1, -0.05) is 19.3 Å². The first-order chi connectivity index (χ1) is 8.68. The predicted octanol–water partition coefficient (Wildman–Crippen LogP) is 1.37. The summed E-state index contributed by atoms with van der Waals surface area (Å²) < 4.78 is 8.54. The third-order valence-electron chi connectivity index (χ3n) is 3.36. The molecule has 1 saturated carbocycles. The molecule has 18 heavy (non-hydrogen) atoms. The number of rotatable bonds is 5. The Balaban J connectivity index is 1.81. The average molecular weight is 254 g/mol. The molecule has 102 valence electrons. The Labute approximate surface area is 107 Å². The molecule has 6 nitrogen and oxygen atoms in total. The fraction of sp³-hybridized carbons (Fsp3) is 0.917. The summed E-state index contributed by atoms with van der Waals surface area (Å²) in [5.41, 5.74) is -0.155. The third-order valence-corrected chi connectivity index (χ3v) is 3.36. The summed E-state index contributed by atoms with van der Waals surface area (Å²) in [6.45, 7) is 4.86. The van der Waals surface area contributed by atoms with Gasteiger partial charge in [-0.05, 0) is 37.1 Å². The zero-order valence-corrected chi connectivity index (χ0v) is 11.2. The summed E-state index contributed by atoms with van der Waals surface area (Å²) in [6, 6.07) is 0.0468. The summed E-state index contributed by atoms with van der Waals surface area (Å²) in [5.74, 6) is 0. The van der Waals surface area contributed by atoms with Gasteiger partial charge in [0.2, 0.25) is 0 Å². The molecular weight excluding hydrogens is 232 g/mol. The summed E-state index contributed by atoms with van der Waals surface area (Å²) in [7, 11) is 0. The fourth-order valence-electron chi connectivity index (χ4n) is 2.29. The number of nitrogens with zero attached hydrogens (tertiary/aromatic N) is 4. The molecule has 6 heteroatoms. The van der Waals surface area contributed by atoms with Gasteiger partial charge >= 0.3 is 5.69 Å². The Morgan fingerprint density at radius 3 is 2.61 bits per heavy atom. The summed E-state index contributed by atoms with van der Waals surface area (Å²) in [4.78, 5) is 11.8. The highest BCUT2D eigenvalue weighted by molar-refractivity contribution is 4.66. The number of aromatic nitrogens is 4. The Hall–Kier alpha value is -1.17. The van der Waals surface area contributed by atoms with E-state index in [2.05, 4.69) is 10.4 Å². The van der Waals surface area contributed by atoms with Crippen LogP contribution in [-0.4, -0.2) is 32.5 Å². The number of hydrogen-bond donors (Lipinski definition) is 0. The van der Waals surface area contributed by atoms with Gasteiger partial charge in [0.05, 0.1) is 25.3 Å². The van der Waals surface area contributed by atoms with Crippen molar-refractivity contribution in [2.45, 2.75) is 64.6 Å². The molecule has 0 saturated heterocycles. The van der Waals surface area contributed by atoms with Crippen molar-refractivity contribution in [1.29, 1.82) is 0 Å². The minimum absolute atomic E-state index is 0.0468. The van der Waals surface area contributed by atoms with Crippen LogP contribution >= 0.6 is 0 Å². The normalized spacial score (nSPS) is 17.5. The van der Waals surface area contributed by atoms with Crippen molar-refractivity contribution >= 4 is 0 Å². The molecule has 0 aliphatic heterocycles. The smallest absolute Gasteiger partial charge is 0.363 e. The summed E-state index contributed by atoms with van der Waals surface area (Å²) in [5, 5.41) is 7.70. The lowest BCUT2D eigenvalue weighted by Gasteiger charge is -2.21. The van der Waals surface area contributed by atoms with E-state index in [9.17, 15) is 4.79 Å². The van der Waals surface area contributed by atoms with E-state index >= 15 is 0 Å². The molecule has 0 bridgehead atoms. The lowest BCUT2D eigenvalue weighted by atomic mass is 9.98. The first-order valence-corrected chi connectivity index (χ1v) is 6.82. The van der Waals surface area contributed by atoms with E-state index in [1.54, 1.807) is 0 Å².